The number of hydrogen-bond acceptors (Lipinski definition) is 0. The van der Waals surface area contributed by atoms with E-state index in [9.17, 15) is 4.39 Å². The molecule has 0 spiro atoms. The highest BCUT2D eigenvalue weighted by molar-refractivity contribution is 6.31. The van der Waals surface area contributed by atoms with Crippen LogP contribution in [0.3, 0.4) is 0 Å². The SMILES string of the molecule is CC(c1ccccc1F)c1ccccc1Cl. The molecule has 0 N–H and O–H groups in total. The highest BCUT2D eigenvalue weighted by Gasteiger charge is 2.14. The van der Waals surface area contributed by atoms with Crippen molar-refractivity contribution in [3.8, 4) is 0 Å². The number of halogens is 2. The van der Waals surface area contributed by atoms with Crippen LogP contribution >= 0.6 is 11.6 Å². The van der Waals surface area contributed by atoms with Crippen molar-refractivity contribution < 1.29 is 4.39 Å². The van der Waals surface area contributed by atoms with Crippen molar-refractivity contribution in [3.63, 3.8) is 0 Å². The Bertz CT molecular complexity index is 448. The van der Waals surface area contributed by atoms with E-state index in [0.717, 1.165) is 5.56 Å². The molecule has 1 unspecified atom stereocenters. The Balaban J connectivity index is 2.44. The Hall–Kier alpha value is -1.34. The zero-order chi connectivity index (χ0) is 11.5. The van der Waals surface area contributed by atoms with Crippen LogP contribution < -0.4 is 0 Å². The number of rotatable bonds is 2. The van der Waals surface area contributed by atoms with E-state index in [4.69, 9.17) is 11.6 Å². The Morgan fingerprint density at radius 1 is 0.938 bits per heavy atom. The minimum atomic E-state index is -0.185. The topological polar surface area (TPSA) is 0 Å². The fourth-order valence-electron chi connectivity index (χ4n) is 1.82. The molecular formula is C14H12ClF. The molecule has 2 heteroatoms. The van der Waals surface area contributed by atoms with E-state index in [0.29, 0.717) is 10.6 Å². The Kier molecular flexibility index (Phi) is 3.25. The summed E-state index contributed by atoms with van der Waals surface area (Å²) in [5.74, 6) is -0.218. The molecule has 0 aliphatic carbocycles. The van der Waals surface area contributed by atoms with Crippen LogP contribution in [-0.2, 0) is 0 Å². The molecule has 0 nitrogen and oxygen atoms in total. The van der Waals surface area contributed by atoms with Crippen molar-refractivity contribution in [3.05, 3.63) is 70.5 Å². The predicted molar refractivity (Wildman–Crippen MR) is 65.4 cm³/mol. The summed E-state index contributed by atoms with van der Waals surface area (Å²) in [7, 11) is 0. The predicted octanol–water partition coefficient (Wildman–Crippen LogP) is 4.63. The molecule has 2 aromatic rings. The molecule has 0 saturated carbocycles. The van der Waals surface area contributed by atoms with E-state index in [-0.39, 0.29) is 11.7 Å². The molecule has 0 saturated heterocycles. The molecule has 2 rings (SSSR count). The largest absolute Gasteiger partial charge is 0.207 e. The van der Waals surface area contributed by atoms with Gasteiger partial charge < -0.3 is 0 Å². The highest BCUT2D eigenvalue weighted by atomic mass is 35.5. The van der Waals surface area contributed by atoms with Gasteiger partial charge in [0.05, 0.1) is 0 Å². The monoisotopic (exact) mass is 234 g/mol. The van der Waals surface area contributed by atoms with Gasteiger partial charge >= 0.3 is 0 Å². The molecule has 0 aliphatic heterocycles. The first-order chi connectivity index (χ1) is 7.70. The molecule has 2 aromatic carbocycles. The lowest BCUT2D eigenvalue weighted by Gasteiger charge is -2.14. The minimum absolute atomic E-state index is 0.0325. The lowest BCUT2D eigenvalue weighted by atomic mass is 9.93. The van der Waals surface area contributed by atoms with Gasteiger partial charge in [-0.15, -0.1) is 0 Å². The van der Waals surface area contributed by atoms with Gasteiger partial charge in [0, 0.05) is 10.9 Å². The third-order valence-electron chi connectivity index (χ3n) is 2.74. The summed E-state index contributed by atoms with van der Waals surface area (Å²) < 4.78 is 13.6. The summed E-state index contributed by atoms with van der Waals surface area (Å²) >= 11 is 6.10. The fraction of sp³-hybridized carbons (Fsp3) is 0.143. The fourth-order valence-corrected chi connectivity index (χ4v) is 2.12. The third kappa shape index (κ3) is 2.10. The van der Waals surface area contributed by atoms with Crippen molar-refractivity contribution in [2.75, 3.05) is 0 Å². The zero-order valence-corrected chi connectivity index (χ0v) is 9.71. The smallest absolute Gasteiger partial charge is 0.127 e. The Morgan fingerprint density at radius 2 is 1.50 bits per heavy atom. The van der Waals surface area contributed by atoms with Gasteiger partial charge in [-0.05, 0) is 23.3 Å². The van der Waals surface area contributed by atoms with E-state index in [1.807, 2.05) is 37.3 Å². The number of hydrogen-bond donors (Lipinski definition) is 0. The van der Waals surface area contributed by atoms with Crippen LogP contribution in [0.15, 0.2) is 48.5 Å². The lowest BCUT2D eigenvalue weighted by Crippen LogP contribution is -1.99. The van der Waals surface area contributed by atoms with Crippen molar-refractivity contribution >= 4 is 11.6 Å². The summed E-state index contributed by atoms with van der Waals surface area (Å²) in [5, 5.41) is 0.679. The van der Waals surface area contributed by atoms with Gasteiger partial charge in [0.15, 0.2) is 0 Å². The van der Waals surface area contributed by atoms with E-state index >= 15 is 0 Å². The molecule has 0 fully saturated rings. The summed E-state index contributed by atoms with van der Waals surface area (Å²) in [5.41, 5.74) is 1.63. The van der Waals surface area contributed by atoms with Crippen LogP contribution in [0.25, 0.3) is 0 Å². The molecule has 0 aromatic heterocycles. The average molecular weight is 235 g/mol. The van der Waals surface area contributed by atoms with Crippen LogP contribution in [-0.4, -0.2) is 0 Å². The molecule has 0 bridgehead atoms. The Labute approximate surface area is 99.7 Å². The second-order valence-corrected chi connectivity index (χ2v) is 4.17. The number of benzene rings is 2. The van der Waals surface area contributed by atoms with Crippen LogP contribution in [0.4, 0.5) is 4.39 Å². The zero-order valence-electron chi connectivity index (χ0n) is 8.95. The normalized spacial score (nSPS) is 12.4. The molecule has 0 radical (unpaired) electrons. The van der Waals surface area contributed by atoms with Crippen molar-refractivity contribution in [2.45, 2.75) is 12.8 Å². The Morgan fingerprint density at radius 3 is 2.12 bits per heavy atom. The van der Waals surface area contributed by atoms with Gasteiger partial charge in [-0.1, -0.05) is 54.9 Å². The minimum Gasteiger partial charge on any atom is -0.207 e. The second kappa shape index (κ2) is 4.67. The van der Waals surface area contributed by atoms with Crippen LogP contribution in [0.2, 0.25) is 5.02 Å². The van der Waals surface area contributed by atoms with E-state index < -0.39 is 0 Å². The molecule has 82 valence electrons. The van der Waals surface area contributed by atoms with Crippen molar-refractivity contribution in [1.29, 1.82) is 0 Å². The standard InChI is InChI=1S/C14H12ClF/c1-10(11-6-2-4-8-13(11)15)12-7-3-5-9-14(12)16/h2-10H,1H3. The first-order valence-corrected chi connectivity index (χ1v) is 5.57. The molecule has 0 amide bonds. The van der Waals surface area contributed by atoms with E-state index in [1.54, 1.807) is 12.1 Å². The maximum absolute atomic E-state index is 13.6. The van der Waals surface area contributed by atoms with Gasteiger partial charge in [-0.25, -0.2) is 4.39 Å². The van der Waals surface area contributed by atoms with Crippen molar-refractivity contribution in [2.24, 2.45) is 0 Å². The second-order valence-electron chi connectivity index (χ2n) is 3.76. The van der Waals surface area contributed by atoms with Gasteiger partial charge in [-0.2, -0.15) is 0 Å². The van der Waals surface area contributed by atoms with Gasteiger partial charge in [0.2, 0.25) is 0 Å². The maximum Gasteiger partial charge on any atom is 0.127 e. The quantitative estimate of drug-likeness (QED) is 0.711. The van der Waals surface area contributed by atoms with E-state index in [2.05, 4.69) is 0 Å². The maximum atomic E-state index is 13.6. The summed E-state index contributed by atoms with van der Waals surface area (Å²) in [6, 6.07) is 14.3. The van der Waals surface area contributed by atoms with Gasteiger partial charge in [0.25, 0.3) is 0 Å². The third-order valence-corrected chi connectivity index (χ3v) is 3.09. The van der Waals surface area contributed by atoms with Crippen LogP contribution in [0, 0.1) is 5.82 Å². The molecule has 1 atom stereocenters. The van der Waals surface area contributed by atoms with Crippen LogP contribution in [0.1, 0.15) is 24.0 Å². The average Bonchev–Trinajstić information content (AvgIpc) is 2.29. The van der Waals surface area contributed by atoms with Crippen LogP contribution in [0.5, 0.6) is 0 Å². The van der Waals surface area contributed by atoms with Gasteiger partial charge in [0.1, 0.15) is 5.82 Å². The summed E-state index contributed by atoms with van der Waals surface area (Å²) in [6.07, 6.45) is 0. The molecule has 0 heterocycles. The highest BCUT2D eigenvalue weighted by Crippen LogP contribution is 2.30. The molecular weight excluding hydrogens is 223 g/mol. The summed E-state index contributed by atoms with van der Waals surface area (Å²) in [6.45, 7) is 1.96. The lowest BCUT2D eigenvalue weighted by molar-refractivity contribution is 0.603. The van der Waals surface area contributed by atoms with Gasteiger partial charge in [-0.3, -0.25) is 0 Å². The van der Waals surface area contributed by atoms with Crippen molar-refractivity contribution in [1.82, 2.24) is 0 Å². The summed E-state index contributed by atoms with van der Waals surface area (Å²) in [4.78, 5) is 0. The first-order valence-electron chi connectivity index (χ1n) is 5.19. The first kappa shape index (κ1) is 11.2. The van der Waals surface area contributed by atoms with E-state index in [1.165, 1.54) is 6.07 Å². The molecule has 0 aliphatic rings. The molecule has 16 heavy (non-hydrogen) atoms.